The Kier molecular flexibility index (Phi) is 2.72. The zero-order valence-corrected chi connectivity index (χ0v) is 6.75. The number of hydrogen-bond donors (Lipinski definition) is 1. The Hall–Kier alpha value is -1.25. The normalized spacial score (nSPS) is 15.7. The van der Waals surface area contributed by atoms with Crippen molar-refractivity contribution in [2.24, 2.45) is 5.10 Å². The molecule has 11 heavy (non-hydrogen) atoms. The van der Waals surface area contributed by atoms with E-state index >= 15 is 0 Å². The van der Waals surface area contributed by atoms with Gasteiger partial charge in [-0.05, 0) is 18.6 Å². The molecule has 1 aliphatic heterocycles. The first kappa shape index (κ1) is 7.85. The van der Waals surface area contributed by atoms with Crippen LogP contribution in [-0.2, 0) is 0 Å². The van der Waals surface area contributed by atoms with Gasteiger partial charge < -0.3 is 0 Å². The molecule has 1 N–H and O–H groups in total. The van der Waals surface area contributed by atoms with Crippen molar-refractivity contribution >= 4 is 6.21 Å². The Bertz CT molecular complexity index is 194. The Morgan fingerprint density at radius 3 is 3.27 bits per heavy atom. The molecule has 0 unspecified atom stereocenters. The van der Waals surface area contributed by atoms with Crippen molar-refractivity contribution in [3.05, 3.63) is 24.4 Å². The Labute approximate surface area is 67.1 Å². The predicted molar refractivity (Wildman–Crippen MR) is 46.9 cm³/mol. The van der Waals surface area contributed by atoms with Gasteiger partial charge in [0.25, 0.3) is 0 Å². The first-order chi connectivity index (χ1) is 5.38. The summed E-state index contributed by atoms with van der Waals surface area (Å²) >= 11 is 0. The number of hydrazine groups is 1. The van der Waals surface area contributed by atoms with E-state index in [0.717, 1.165) is 18.7 Å². The van der Waals surface area contributed by atoms with Crippen LogP contribution in [0.4, 0.5) is 0 Å². The molecule has 0 aromatic heterocycles. The second-order valence-corrected chi connectivity index (χ2v) is 2.33. The van der Waals surface area contributed by atoms with Gasteiger partial charge in [0.05, 0.1) is 11.9 Å². The van der Waals surface area contributed by atoms with Crippen molar-refractivity contribution in [3.63, 3.8) is 0 Å². The van der Waals surface area contributed by atoms with Gasteiger partial charge in [0.1, 0.15) is 0 Å². The van der Waals surface area contributed by atoms with Crippen LogP contribution >= 0.6 is 0 Å². The highest BCUT2D eigenvalue weighted by molar-refractivity contribution is 5.73. The smallest absolute Gasteiger partial charge is 0.0597 e. The lowest BCUT2D eigenvalue weighted by Crippen LogP contribution is -2.35. The molecule has 0 aromatic rings. The van der Waals surface area contributed by atoms with E-state index in [9.17, 15) is 0 Å². The van der Waals surface area contributed by atoms with Crippen LogP contribution in [0.5, 0.6) is 0 Å². The van der Waals surface area contributed by atoms with Gasteiger partial charge in [-0.1, -0.05) is 13.5 Å². The van der Waals surface area contributed by atoms with Crippen LogP contribution in [0.1, 0.15) is 13.3 Å². The van der Waals surface area contributed by atoms with Gasteiger partial charge >= 0.3 is 0 Å². The summed E-state index contributed by atoms with van der Waals surface area (Å²) in [7, 11) is 0. The second-order valence-electron chi connectivity index (χ2n) is 2.33. The Morgan fingerprint density at radius 2 is 2.64 bits per heavy atom. The van der Waals surface area contributed by atoms with Crippen LogP contribution in [0.25, 0.3) is 0 Å². The van der Waals surface area contributed by atoms with Gasteiger partial charge in [0, 0.05) is 6.54 Å². The molecule has 0 fully saturated rings. The van der Waals surface area contributed by atoms with Crippen LogP contribution in [-0.4, -0.2) is 17.8 Å². The largest absolute Gasteiger partial charge is 0.272 e. The lowest BCUT2D eigenvalue weighted by molar-refractivity contribution is 0.257. The predicted octanol–water partition coefficient (Wildman–Crippen LogP) is 1.27. The molecule has 0 aromatic carbocycles. The van der Waals surface area contributed by atoms with E-state index in [2.05, 4.69) is 24.1 Å². The molecular formula is C8H13N3. The average molecular weight is 151 g/mol. The van der Waals surface area contributed by atoms with Crippen molar-refractivity contribution < 1.29 is 0 Å². The fourth-order valence-corrected chi connectivity index (χ4v) is 0.945. The fraction of sp³-hybridized carbons (Fsp3) is 0.375. The van der Waals surface area contributed by atoms with E-state index < -0.39 is 0 Å². The summed E-state index contributed by atoms with van der Waals surface area (Å²) < 4.78 is 0. The van der Waals surface area contributed by atoms with Crippen LogP contribution < -0.4 is 5.53 Å². The molecule has 0 saturated heterocycles. The van der Waals surface area contributed by atoms with Gasteiger partial charge in [-0.25, -0.2) is 5.53 Å². The SMILES string of the molecule is C=CC1=CC=NNN1CCC. The molecule has 0 aliphatic carbocycles. The van der Waals surface area contributed by atoms with E-state index in [0.29, 0.717) is 0 Å². The fourth-order valence-electron chi connectivity index (χ4n) is 0.945. The van der Waals surface area contributed by atoms with Crippen molar-refractivity contribution in [1.29, 1.82) is 0 Å². The third-order valence-corrected chi connectivity index (χ3v) is 1.47. The van der Waals surface area contributed by atoms with Crippen molar-refractivity contribution in [2.75, 3.05) is 6.54 Å². The number of nitrogens with zero attached hydrogens (tertiary/aromatic N) is 2. The van der Waals surface area contributed by atoms with Crippen LogP contribution in [0.15, 0.2) is 29.5 Å². The first-order valence-corrected chi connectivity index (χ1v) is 3.77. The molecule has 0 spiro atoms. The molecule has 60 valence electrons. The summed E-state index contributed by atoms with van der Waals surface area (Å²) in [6, 6.07) is 0. The van der Waals surface area contributed by atoms with Crippen LogP contribution in [0.2, 0.25) is 0 Å². The first-order valence-electron chi connectivity index (χ1n) is 3.77. The molecule has 1 aliphatic rings. The standard InChI is InChI=1S/C8H13N3/c1-3-7-11-8(4-2)5-6-9-10-11/h4-6,10H,2-3,7H2,1H3. The summed E-state index contributed by atoms with van der Waals surface area (Å²) in [4.78, 5) is 0. The topological polar surface area (TPSA) is 27.6 Å². The highest BCUT2D eigenvalue weighted by Gasteiger charge is 2.05. The summed E-state index contributed by atoms with van der Waals surface area (Å²) in [6.07, 6.45) is 6.56. The van der Waals surface area contributed by atoms with Gasteiger partial charge in [-0.15, -0.1) is 0 Å². The summed E-state index contributed by atoms with van der Waals surface area (Å²) in [6.45, 7) is 6.78. The number of rotatable bonds is 3. The van der Waals surface area contributed by atoms with Crippen molar-refractivity contribution in [2.45, 2.75) is 13.3 Å². The number of nitrogens with one attached hydrogen (secondary N) is 1. The van der Waals surface area contributed by atoms with E-state index in [4.69, 9.17) is 0 Å². The van der Waals surface area contributed by atoms with Gasteiger partial charge in [0.2, 0.25) is 0 Å². The second kappa shape index (κ2) is 3.81. The minimum atomic E-state index is 0.954. The van der Waals surface area contributed by atoms with E-state index in [1.807, 2.05) is 17.2 Å². The maximum atomic E-state index is 3.90. The number of allylic oxidation sites excluding steroid dienone is 2. The molecule has 3 heteroatoms. The summed E-state index contributed by atoms with van der Waals surface area (Å²) in [5.41, 5.74) is 3.96. The highest BCUT2D eigenvalue weighted by Crippen LogP contribution is 2.04. The zero-order valence-electron chi connectivity index (χ0n) is 6.75. The van der Waals surface area contributed by atoms with Gasteiger partial charge in [-0.2, -0.15) is 5.10 Å². The monoisotopic (exact) mass is 151 g/mol. The van der Waals surface area contributed by atoms with Gasteiger partial charge in [-0.3, -0.25) is 5.01 Å². The van der Waals surface area contributed by atoms with Gasteiger partial charge in [0.15, 0.2) is 0 Å². The quantitative estimate of drug-likeness (QED) is 0.657. The van der Waals surface area contributed by atoms with Crippen LogP contribution in [0.3, 0.4) is 0 Å². The molecule has 0 amide bonds. The van der Waals surface area contributed by atoms with E-state index in [1.54, 1.807) is 6.21 Å². The third kappa shape index (κ3) is 1.83. The number of hydrazone groups is 1. The molecule has 1 rings (SSSR count). The lowest BCUT2D eigenvalue weighted by Gasteiger charge is -2.25. The third-order valence-electron chi connectivity index (χ3n) is 1.47. The minimum Gasteiger partial charge on any atom is -0.272 e. The lowest BCUT2D eigenvalue weighted by atomic mass is 10.3. The Morgan fingerprint density at radius 1 is 1.82 bits per heavy atom. The average Bonchev–Trinajstić information content (AvgIpc) is 2.06. The molecule has 0 bridgehead atoms. The molecule has 0 atom stereocenters. The van der Waals surface area contributed by atoms with E-state index in [1.165, 1.54) is 0 Å². The maximum Gasteiger partial charge on any atom is 0.0597 e. The molecular weight excluding hydrogens is 138 g/mol. The number of hydrogen-bond acceptors (Lipinski definition) is 3. The van der Waals surface area contributed by atoms with Crippen LogP contribution in [0, 0.1) is 0 Å². The van der Waals surface area contributed by atoms with E-state index in [-0.39, 0.29) is 0 Å². The Balaban J connectivity index is 2.59. The molecule has 0 saturated carbocycles. The maximum absolute atomic E-state index is 3.90. The molecule has 0 radical (unpaired) electrons. The van der Waals surface area contributed by atoms with Crippen molar-refractivity contribution in [1.82, 2.24) is 10.5 Å². The highest BCUT2D eigenvalue weighted by atomic mass is 15.7. The zero-order chi connectivity index (χ0) is 8.10. The summed E-state index contributed by atoms with van der Waals surface area (Å²) in [5.74, 6) is 0. The van der Waals surface area contributed by atoms with Crippen molar-refractivity contribution in [3.8, 4) is 0 Å². The molecule has 3 nitrogen and oxygen atoms in total. The summed E-state index contributed by atoms with van der Waals surface area (Å²) in [5, 5.41) is 5.87. The molecule has 1 heterocycles. The minimum absolute atomic E-state index is 0.954.